The van der Waals surface area contributed by atoms with E-state index in [2.05, 4.69) is 85.7 Å². The Morgan fingerprint density at radius 3 is 1.64 bits per heavy atom. The average molecular weight is 890 g/mol. The molecule has 0 spiro atoms. The predicted molar refractivity (Wildman–Crippen MR) is 240 cm³/mol. The Bertz CT molecular complexity index is 1790. The molecule has 3 aromatic rings. The second-order valence-electron chi connectivity index (χ2n) is 15.6. The lowest BCUT2D eigenvalue weighted by Crippen LogP contribution is -2.57. The summed E-state index contributed by atoms with van der Waals surface area (Å²) in [6, 6.07) is 16.2. The molecule has 0 radical (unpaired) electrons. The van der Waals surface area contributed by atoms with Crippen molar-refractivity contribution >= 4 is 70.7 Å². The molecule has 322 valence electrons. The number of likely N-dealkylation sites (tertiary alicyclic amines) is 1. The van der Waals surface area contributed by atoms with Gasteiger partial charge in [0.15, 0.2) is 0 Å². The molecular weight excluding hydrogens is 832 g/mol. The van der Waals surface area contributed by atoms with Gasteiger partial charge in [0.05, 0.1) is 59.7 Å². The number of hydrogen-bond donors (Lipinski definition) is 2. The summed E-state index contributed by atoms with van der Waals surface area (Å²) in [6.45, 7) is 13.6. The minimum absolute atomic E-state index is 0.435. The molecule has 2 N–H and O–H groups in total. The van der Waals surface area contributed by atoms with Gasteiger partial charge in [-0.05, 0) is 82.4 Å². The molecule has 14 nitrogen and oxygen atoms in total. The van der Waals surface area contributed by atoms with Crippen molar-refractivity contribution in [3.63, 3.8) is 0 Å². The van der Waals surface area contributed by atoms with Crippen molar-refractivity contribution in [2.45, 2.75) is 89.5 Å². The molecule has 3 saturated heterocycles. The number of pyridine rings is 2. The minimum atomic E-state index is 0.435. The molecule has 4 fully saturated rings. The number of rotatable bonds is 14. The Hall–Kier alpha value is -2.79. The Morgan fingerprint density at radius 1 is 0.712 bits per heavy atom. The van der Waals surface area contributed by atoms with Gasteiger partial charge in [0.2, 0.25) is 0 Å². The molecule has 59 heavy (non-hydrogen) atoms. The van der Waals surface area contributed by atoms with E-state index >= 15 is 0 Å². The zero-order valence-corrected chi connectivity index (χ0v) is 37.7. The molecule has 0 amide bonds. The second-order valence-corrected chi connectivity index (χ2v) is 17.4. The fourth-order valence-corrected chi connectivity index (χ4v) is 10.0. The van der Waals surface area contributed by atoms with Crippen molar-refractivity contribution < 1.29 is 18.4 Å². The van der Waals surface area contributed by atoms with E-state index in [4.69, 9.17) is 37.1 Å². The quantitative estimate of drug-likeness (QED) is 0.0528. The maximum Gasteiger partial charge on any atom is 0.149 e. The van der Waals surface area contributed by atoms with Crippen LogP contribution in [0.2, 0.25) is 10.0 Å². The molecule has 18 heteroatoms. The van der Waals surface area contributed by atoms with Crippen LogP contribution < -0.4 is 19.2 Å². The lowest BCUT2D eigenvalue weighted by Gasteiger charge is -2.47. The SMILES string of the molecule is COOSNc1cnc(N2CCN(C3CCCCC3)[C@@H](C)C2)c(Cl)c1.COOSNc1cnc(N2CCN(C3CCN(Cc4ccc(C#N)cc4)CC3)[C@@H](C)C2)c(Cl)c1. The number of aromatic nitrogens is 2. The van der Waals surface area contributed by atoms with E-state index in [-0.39, 0.29) is 0 Å². The van der Waals surface area contributed by atoms with Gasteiger partial charge in [-0.2, -0.15) is 5.26 Å². The normalized spacial score (nSPS) is 21.4. The highest BCUT2D eigenvalue weighted by atomic mass is 35.5. The number of benzene rings is 1. The number of nitriles is 1. The zero-order chi connectivity index (χ0) is 41.6. The molecule has 5 heterocycles. The van der Waals surface area contributed by atoms with Crippen LogP contribution in [0.15, 0.2) is 48.8 Å². The Morgan fingerprint density at radius 2 is 1.20 bits per heavy atom. The van der Waals surface area contributed by atoms with Gasteiger partial charge >= 0.3 is 0 Å². The molecule has 1 aromatic carbocycles. The van der Waals surface area contributed by atoms with Crippen molar-refractivity contribution in [3.05, 3.63) is 70.0 Å². The maximum atomic E-state index is 8.98. The molecule has 2 aromatic heterocycles. The standard InChI is InChI=1S/C24H31ClN6O2S.C17H27ClN4O2S/c1-18-16-30(24-23(25)13-21(15-27-24)28-34-33-32-2)11-12-31(18)22-7-9-29(10-8-22)17-20-5-3-19(14-26)4-6-20;1-13-12-21(8-9-22(13)15-6-4-3-5-7-15)17-16(18)10-14(11-19-17)20-25-24-23-2/h3-6,13,15,18,22,28H,7-12,16-17H2,1-2H3;10-11,13,15,20H,3-9,12H2,1-2H3/t18-;13-/m00/s1. The minimum Gasteiger partial charge on any atom is -0.353 e. The molecule has 1 aliphatic carbocycles. The van der Waals surface area contributed by atoms with Crippen molar-refractivity contribution in [1.29, 1.82) is 5.26 Å². The third-order valence-corrected chi connectivity index (χ3v) is 13.3. The van der Waals surface area contributed by atoms with Crippen LogP contribution in [-0.2, 0) is 25.0 Å². The van der Waals surface area contributed by atoms with E-state index in [0.717, 1.165) is 118 Å². The third-order valence-electron chi connectivity index (χ3n) is 11.7. The molecular formula is C41H58Cl2N10O4S2. The smallest absolute Gasteiger partial charge is 0.149 e. The van der Waals surface area contributed by atoms with E-state index in [9.17, 15) is 0 Å². The van der Waals surface area contributed by atoms with E-state index in [1.807, 2.05) is 24.3 Å². The number of hydrogen-bond acceptors (Lipinski definition) is 16. The Balaban J connectivity index is 0.000000208. The molecule has 3 aliphatic heterocycles. The second kappa shape index (κ2) is 23.4. The highest BCUT2D eigenvalue weighted by Crippen LogP contribution is 2.33. The van der Waals surface area contributed by atoms with Gasteiger partial charge in [-0.15, -0.1) is 8.67 Å². The van der Waals surface area contributed by atoms with Crippen molar-refractivity contribution in [1.82, 2.24) is 24.7 Å². The zero-order valence-electron chi connectivity index (χ0n) is 34.5. The molecule has 0 unspecified atom stereocenters. The molecule has 4 aliphatic rings. The van der Waals surface area contributed by atoms with Gasteiger partial charge in [-0.3, -0.25) is 14.7 Å². The van der Waals surface area contributed by atoms with Crippen LogP contribution in [0, 0.1) is 11.3 Å². The predicted octanol–water partition coefficient (Wildman–Crippen LogP) is 8.47. The van der Waals surface area contributed by atoms with Crippen LogP contribution in [0.25, 0.3) is 0 Å². The van der Waals surface area contributed by atoms with Gasteiger partial charge in [-0.25, -0.2) is 19.7 Å². The number of piperidine rings is 1. The van der Waals surface area contributed by atoms with Crippen LogP contribution in [-0.4, -0.2) is 115 Å². The summed E-state index contributed by atoms with van der Waals surface area (Å²) in [4.78, 5) is 30.7. The van der Waals surface area contributed by atoms with Crippen LogP contribution in [0.5, 0.6) is 0 Å². The average Bonchev–Trinajstić information content (AvgIpc) is 3.25. The summed E-state index contributed by atoms with van der Waals surface area (Å²) in [5.41, 5.74) is 3.53. The van der Waals surface area contributed by atoms with E-state index < -0.39 is 0 Å². The number of anilines is 4. The largest absolute Gasteiger partial charge is 0.353 e. The van der Waals surface area contributed by atoms with E-state index in [0.29, 0.717) is 28.2 Å². The van der Waals surface area contributed by atoms with E-state index in [1.165, 1.54) is 64.7 Å². The van der Waals surface area contributed by atoms with Crippen molar-refractivity contribution in [2.75, 3.05) is 85.8 Å². The number of nitrogens with one attached hydrogen (secondary N) is 2. The van der Waals surface area contributed by atoms with Gasteiger partial charge in [0.1, 0.15) is 36.1 Å². The summed E-state index contributed by atoms with van der Waals surface area (Å²) < 4.78 is 15.4. The molecule has 1 saturated carbocycles. The summed E-state index contributed by atoms with van der Waals surface area (Å²) in [6.07, 6.45) is 12.8. The Kier molecular flexibility index (Phi) is 18.2. The molecule has 7 rings (SSSR count). The molecule has 2 atom stereocenters. The topological polar surface area (TPSA) is 127 Å². The molecule has 0 bridgehead atoms. The highest BCUT2D eigenvalue weighted by Gasteiger charge is 2.33. The number of nitrogens with zero attached hydrogens (tertiary/aromatic N) is 8. The first-order chi connectivity index (χ1) is 28.8. The van der Waals surface area contributed by atoms with Gasteiger partial charge in [0, 0.05) is 70.0 Å². The van der Waals surface area contributed by atoms with Gasteiger partial charge in [0.25, 0.3) is 0 Å². The highest BCUT2D eigenvalue weighted by molar-refractivity contribution is 7.96. The summed E-state index contributed by atoms with van der Waals surface area (Å²) in [5, 5.41) is 10.3. The number of halogens is 2. The van der Waals surface area contributed by atoms with E-state index in [1.54, 1.807) is 12.4 Å². The fraction of sp³-hybridized carbons (Fsp3) is 0.585. The summed E-state index contributed by atoms with van der Waals surface area (Å²) in [7, 11) is 2.90. The third kappa shape index (κ3) is 13.1. The number of piperazine rings is 2. The summed E-state index contributed by atoms with van der Waals surface area (Å²) in [5.74, 6) is 1.69. The van der Waals surface area contributed by atoms with Crippen LogP contribution in [0.1, 0.15) is 69.9 Å². The maximum absolute atomic E-state index is 8.98. The van der Waals surface area contributed by atoms with Crippen LogP contribution in [0.4, 0.5) is 23.0 Å². The Labute approximate surface area is 368 Å². The first-order valence-electron chi connectivity index (χ1n) is 20.5. The first kappa shape index (κ1) is 45.7. The first-order valence-corrected chi connectivity index (χ1v) is 22.8. The monoisotopic (exact) mass is 888 g/mol. The van der Waals surface area contributed by atoms with Crippen LogP contribution in [0.3, 0.4) is 0 Å². The van der Waals surface area contributed by atoms with Gasteiger partial charge < -0.3 is 19.2 Å². The fourth-order valence-electron chi connectivity index (χ4n) is 8.81. The van der Waals surface area contributed by atoms with Crippen molar-refractivity contribution in [3.8, 4) is 6.07 Å². The van der Waals surface area contributed by atoms with Crippen molar-refractivity contribution in [2.24, 2.45) is 0 Å². The van der Waals surface area contributed by atoms with Gasteiger partial charge in [-0.1, -0.05) is 54.6 Å². The lowest BCUT2D eigenvalue weighted by atomic mass is 9.92. The van der Waals surface area contributed by atoms with Crippen LogP contribution >= 0.6 is 47.7 Å². The lowest BCUT2D eigenvalue weighted by molar-refractivity contribution is -0.159. The summed E-state index contributed by atoms with van der Waals surface area (Å²) >= 11 is 15.0.